The summed E-state index contributed by atoms with van der Waals surface area (Å²) < 4.78 is 34.2. The molecule has 2 aromatic carbocycles. The molecule has 0 fully saturated rings. The highest BCUT2D eigenvalue weighted by Gasteiger charge is 2.18. The molecular formula is C22H28N2O5S. The second-order valence-electron chi connectivity index (χ2n) is 7.15. The molecule has 0 aliphatic heterocycles. The van der Waals surface area contributed by atoms with Crippen molar-refractivity contribution in [1.29, 1.82) is 0 Å². The minimum Gasteiger partial charge on any atom is -0.493 e. The van der Waals surface area contributed by atoms with Gasteiger partial charge in [0.05, 0.1) is 24.2 Å². The third kappa shape index (κ3) is 6.08. The van der Waals surface area contributed by atoms with Gasteiger partial charge in [-0.2, -0.15) is 0 Å². The van der Waals surface area contributed by atoms with Crippen molar-refractivity contribution in [2.75, 3.05) is 14.2 Å². The van der Waals surface area contributed by atoms with Crippen molar-refractivity contribution in [3.05, 3.63) is 59.7 Å². The quantitative estimate of drug-likeness (QED) is 0.645. The number of carbonyl (C=O) groups excluding carboxylic acids is 1. The maximum absolute atomic E-state index is 12.6. The van der Waals surface area contributed by atoms with Crippen molar-refractivity contribution in [1.82, 2.24) is 4.90 Å². The minimum absolute atomic E-state index is 0.0130. The van der Waals surface area contributed by atoms with E-state index in [4.69, 9.17) is 14.6 Å². The van der Waals surface area contributed by atoms with E-state index < -0.39 is 10.0 Å². The third-order valence-corrected chi connectivity index (χ3v) is 5.48. The predicted octanol–water partition coefficient (Wildman–Crippen LogP) is 3.36. The van der Waals surface area contributed by atoms with E-state index in [-0.39, 0.29) is 22.9 Å². The van der Waals surface area contributed by atoms with Gasteiger partial charge in [-0.05, 0) is 62.2 Å². The smallest absolute Gasteiger partial charge is 0.246 e. The van der Waals surface area contributed by atoms with E-state index in [9.17, 15) is 13.2 Å². The molecule has 0 radical (unpaired) electrons. The summed E-state index contributed by atoms with van der Waals surface area (Å²) in [5.74, 6) is 0.987. The highest BCUT2D eigenvalue weighted by atomic mass is 32.2. The lowest BCUT2D eigenvalue weighted by Crippen LogP contribution is -2.28. The van der Waals surface area contributed by atoms with Gasteiger partial charge in [-0.15, -0.1) is 0 Å². The second kappa shape index (κ2) is 9.77. The van der Waals surface area contributed by atoms with E-state index >= 15 is 0 Å². The Kier molecular flexibility index (Phi) is 7.64. The van der Waals surface area contributed by atoms with Gasteiger partial charge in [0.25, 0.3) is 0 Å². The second-order valence-corrected chi connectivity index (χ2v) is 8.71. The van der Waals surface area contributed by atoms with Crippen LogP contribution >= 0.6 is 0 Å². The Bertz CT molecular complexity index is 1030. The van der Waals surface area contributed by atoms with Crippen molar-refractivity contribution >= 4 is 22.0 Å². The van der Waals surface area contributed by atoms with Crippen LogP contribution in [0.15, 0.2) is 53.4 Å². The van der Waals surface area contributed by atoms with Crippen LogP contribution in [0.4, 0.5) is 0 Å². The van der Waals surface area contributed by atoms with Gasteiger partial charge in [-0.25, -0.2) is 13.6 Å². The van der Waals surface area contributed by atoms with Crippen LogP contribution in [0.1, 0.15) is 37.9 Å². The predicted molar refractivity (Wildman–Crippen MR) is 117 cm³/mol. The molecule has 0 saturated carbocycles. The number of primary sulfonamides is 1. The van der Waals surface area contributed by atoms with Crippen LogP contribution in [-0.4, -0.2) is 39.5 Å². The zero-order valence-corrected chi connectivity index (χ0v) is 18.6. The summed E-state index contributed by atoms with van der Waals surface area (Å²) in [6.07, 6.45) is 3.16. The van der Waals surface area contributed by atoms with Gasteiger partial charge in [0.15, 0.2) is 11.5 Å². The molecule has 7 nitrogen and oxygen atoms in total. The number of carbonyl (C=O) groups is 1. The van der Waals surface area contributed by atoms with Gasteiger partial charge in [0.2, 0.25) is 15.9 Å². The fourth-order valence-electron chi connectivity index (χ4n) is 2.79. The summed E-state index contributed by atoms with van der Waals surface area (Å²) in [4.78, 5) is 14.2. The molecule has 0 saturated heterocycles. The number of ether oxygens (including phenoxy) is 2. The molecule has 0 aromatic heterocycles. The molecule has 2 N–H and O–H groups in total. The van der Waals surface area contributed by atoms with Crippen LogP contribution in [0.5, 0.6) is 11.5 Å². The number of likely N-dealkylation sites (N-methyl/N-ethyl adjacent to an activating group) is 1. The van der Waals surface area contributed by atoms with Crippen LogP contribution < -0.4 is 14.6 Å². The lowest BCUT2D eigenvalue weighted by Gasteiger charge is -2.24. The van der Waals surface area contributed by atoms with E-state index in [0.717, 1.165) is 5.56 Å². The monoisotopic (exact) mass is 432 g/mol. The standard InChI is InChI=1S/C22H28N2O5S/c1-15(2)29-20-11-9-17(13-21(20)28-5)10-12-22(25)24(4)16(3)18-7-6-8-19(14-18)30(23,26)27/h6-16H,1-5H3,(H2,23,26,27)/b12-10+. The first kappa shape index (κ1) is 23.4. The summed E-state index contributed by atoms with van der Waals surface area (Å²) in [6.45, 7) is 5.68. The normalized spacial score (nSPS) is 12.8. The molecular weight excluding hydrogens is 404 g/mol. The number of hydrogen-bond donors (Lipinski definition) is 1. The minimum atomic E-state index is -3.81. The van der Waals surface area contributed by atoms with Gasteiger partial charge in [-0.3, -0.25) is 4.79 Å². The van der Waals surface area contributed by atoms with Crippen molar-refractivity contribution in [2.45, 2.75) is 37.8 Å². The summed E-state index contributed by atoms with van der Waals surface area (Å²) in [6, 6.07) is 11.3. The van der Waals surface area contributed by atoms with Crippen LogP contribution in [0.25, 0.3) is 6.08 Å². The Morgan fingerprint density at radius 2 is 1.80 bits per heavy atom. The van der Waals surface area contributed by atoms with Crippen molar-refractivity contribution in [3.8, 4) is 11.5 Å². The summed E-state index contributed by atoms with van der Waals surface area (Å²) in [5, 5.41) is 5.20. The molecule has 0 heterocycles. The average molecular weight is 433 g/mol. The Hall–Kier alpha value is -2.84. The first-order chi connectivity index (χ1) is 14.0. The first-order valence-electron chi connectivity index (χ1n) is 9.45. The topological polar surface area (TPSA) is 98.9 Å². The molecule has 0 bridgehead atoms. The molecule has 1 unspecified atom stereocenters. The highest BCUT2D eigenvalue weighted by Crippen LogP contribution is 2.29. The van der Waals surface area contributed by atoms with E-state index in [0.29, 0.717) is 17.1 Å². The molecule has 30 heavy (non-hydrogen) atoms. The first-order valence-corrected chi connectivity index (χ1v) is 11.0. The molecule has 1 amide bonds. The van der Waals surface area contributed by atoms with Crippen LogP contribution in [0, 0.1) is 0 Å². The Labute approximate surface area is 178 Å². The summed E-state index contributed by atoms with van der Waals surface area (Å²) in [7, 11) is -0.593. The van der Waals surface area contributed by atoms with E-state index in [1.807, 2.05) is 26.8 Å². The van der Waals surface area contributed by atoms with Gasteiger partial charge in [-0.1, -0.05) is 18.2 Å². The zero-order valence-electron chi connectivity index (χ0n) is 17.8. The number of rotatable bonds is 8. The molecule has 8 heteroatoms. The summed E-state index contributed by atoms with van der Waals surface area (Å²) >= 11 is 0. The SMILES string of the molecule is COc1cc(/C=C/C(=O)N(C)C(C)c2cccc(S(N)(=O)=O)c2)ccc1OC(C)C. The fourth-order valence-corrected chi connectivity index (χ4v) is 3.36. The summed E-state index contributed by atoms with van der Waals surface area (Å²) in [5.41, 5.74) is 1.45. The van der Waals surface area contributed by atoms with Crippen LogP contribution in [0.3, 0.4) is 0 Å². The number of amides is 1. The van der Waals surface area contributed by atoms with E-state index in [2.05, 4.69) is 0 Å². The maximum atomic E-state index is 12.6. The van der Waals surface area contributed by atoms with E-state index in [1.165, 1.54) is 23.1 Å². The molecule has 1 atom stereocenters. The highest BCUT2D eigenvalue weighted by molar-refractivity contribution is 7.89. The molecule has 0 spiro atoms. The molecule has 2 aromatic rings. The maximum Gasteiger partial charge on any atom is 0.246 e. The van der Waals surface area contributed by atoms with Crippen molar-refractivity contribution in [3.63, 3.8) is 0 Å². The van der Waals surface area contributed by atoms with Crippen molar-refractivity contribution < 1.29 is 22.7 Å². The number of nitrogens with zero attached hydrogens (tertiary/aromatic N) is 1. The van der Waals surface area contributed by atoms with Gasteiger partial charge < -0.3 is 14.4 Å². The largest absolute Gasteiger partial charge is 0.493 e. The Morgan fingerprint density at radius 3 is 2.40 bits per heavy atom. The number of sulfonamides is 1. The lowest BCUT2D eigenvalue weighted by atomic mass is 10.1. The van der Waals surface area contributed by atoms with Crippen LogP contribution in [0.2, 0.25) is 0 Å². The molecule has 2 rings (SSSR count). The van der Waals surface area contributed by atoms with Gasteiger partial charge in [0, 0.05) is 13.1 Å². The van der Waals surface area contributed by atoms with Gasteiger partial charge in [0.1, 0.15) is 0 Å². The number of hydrogen-bond acceptors (Lipinski definition) is 5. The van der Waals surface area contributed by atoms with Crippen molar-refractivity contribution in [2.24, 2.45) is 5.14 Å². The average Bonchev–Trinajstić information content (AvgIpc) is 2.70. The fraction of sp³-hybridized carbons (Fsp3) is 0.318. The molecule has 0 aliphatic carbocycles. The molecule has 162 valence electrons. The number of benzene rings is 2. The molecule has 0 aliphatic rings. The number of nitrogens with two attached hydrogens (primary N) is 1. The third-order valence-electron chi connectivity index (χ3n) is 4.57. The zero-order chi connectivity index (χ0) is 22.5. The Balaban J connectivity index is 2.16. The van der Waals surface area contributed by atoms with Crippen LogP contribution in [-0.2, 0) is 14.8 Å². The van der Waals surface area contributed by atoms with Gasteiger partial charge >= 0.3 is 0 Å². The van der Waals surface area contributed by atoms with E-state index in [1.54, 1.807) is 44.5 Å². The lowest BCUT2D eigenvalue weighted by molar-refractivity contribution is -0.126. The number of methoxy groups -OCH3 is 1. The Morgan fingerprint density at radius 1 is 1.10 bits per heavy atom.